The number of carbonyl (C=O) groups excluding carboxylic acids is 1. The number of rotatable bonds is 6. The van der Waals surface area contributed by atoms with Gasteiger partial charge in [-0.25, -0.2) is 9.37 Å². The maximum absolute atomic E-state index is 14.9. The molecule has 0 unspecified atom stereocenters. The highest BCUT2D eigenvalue weighted by Gasteiger charge is 2.18. The minimum absolute atomic E-state index is 0.106. The van der Waals surface area contributed by atoms with E-state index < -0.39 is 11.7 Å². The fraction of sp³-hybridized carbons (Fsp3) is 0.174. The van der Waals surface area contributed by atoms with E-state index in [2.05, 4.69) is 20.6 Å². The summed E-state index contributed by atoms with van der Waals surface area (Å²) in [7, 11) is 5.50. The number of para-hydroxylation sites is 1. The Morgan fingerprint density at radius 1 is 1.15 bits per heavy atom. The van der Waals surface area contributed by atoms with Gasteiger partial charge in [-0.1, -0.05) is 29.3 Å². The molecule has 4 rings (SSSR count). The van der Waals surface area contributed by atoms with Gasteiger partial charge in [-0.2, -0.15) is 0 Å². The molecule has 0 atom stereocenters. The Morgan fingerprint density at radius 3 is 2.58 bits per heavy atom. The van der Waals surface area contributed by atoms with Gasteiger partial charge in [0.05, 0.1) is 50.3 Å². The Kier molecular flexibility index (Phi) is 6.40. The van der Waals surface area contributed by atoms with Crippen LogP contribution in [0.15, 0.2) is 48.7 Å². The van der Waals surface area contributed by atoms with E-state index in [0.29, 0.717) is 38.4 Å². The number of carbonyl (C=O) groups is 1. The second-order valence-corrected chi connectivity index (χ2v) is 8.40. The highest BCUT2D eigenvalue weighted by atomic mass is 35.5. The molecule has 2 N–H and O–H groups in total. The molecule has 0 bridgehead atoms. The lowest BCUT2D eigenvalue weighted by Gasteiger charge is -2.16. The molecule has 0 aliphatic rings. The SMILES string of the molecule is CN(C)c1cccnc1CNC(=O)c1cc2nc(Nc3c(Cl)cccc3Cl)n(C)c2cc1F. The third kappa shape index (κ3) is 4.58. The van der Waals surface area contributed by atoms with E-state index in [9.17, 15) is 9.18 Å². The highest BCUT2D eigenvalue weighted by molar-refractivity contribution is 6.39. The van der Waals surface area contributed by atoms with Crippen molar-refractivity contribution < 1.29 is 9.18 Å². The summed E-state index contributed by atoms with van der Waals surface area (Å²) in [6.45, 7) is 0.157. The molecular weight excluding hydrogens is 466 g/mol. The van der Waals surface area contributed by atoms with Crippen LogP contribution in [0.1, 0.15) is 16.1 Å². The van der Waals surface area contributed by atoms with Crippen molar-refractivity contribution in [2.75, 3.05) is 24.3 Å². The van der Waals surface area contributed by atoms with Gasteiger partial charge in [0.15, 0.2) is 0 Å². The fourth-order valence-electron chi connectivity index (χ4n) is 3.46. The lowest BCUT2D eigenvalue weighted by molar-refractivity contribution is 0.0946. The second kappa shape index (κ2) is 9.25. The van der Waals surface area contributed by atoms with Crippen LogP contribution in [-0.4, -0.2) is 34.5 Å². The zero-order chi connectivity index (χ0) is 23.7. The molecule has 1 amide bonds. The minimum Gasteiger partial charge on any atom is -0.376 e. The monoisotopic (exact) mass is 486 g/mol. The number of fused-ring (bicyclic) bond motifs is 1. The number of hydrogen-bond donors (Lipinski definition) is 2. The Morgan fingerprint density at radius 2 is 1.88 bits per heavy atom. The van der Waals surface area contributed by atoms with Crippen molar-refractivity contribution in [3.63, 3.8) is 0 Å². The summed E-state index contributed by atoms with van der Waals surface area (Å²) in [5, 5.41) is 6.67. The molecule has 2 aromatic carbocycles. The maximum atomic E-state index is 14.9. The van der Waals surface area contributed by atoms with Crippen LogP contribution in [0.25, 0.3) is 11.0 Å². The lowest BCUT2D eigenvalue weighted by Crippen LogP contribution is -2.25. The number of pyridine rings is 1. The summed E-state index contributed by atoms with van der Waals surface area (Å²) in [5.41, 5.74) is 2.89. The van der Waals surface area contributed by atoms with E-state index in [-0.39, 0.29) is 12.1 Å². The average Bonchev–Trinajstić information content (AvgIpc) is 3.08. The molecule has 2 heterocycles. The van der Waals surface area contributed by atoms with Crippen molar-refractivity contribution >= 4 is 57.5 Å². The predicted octanol–water partition coefficient (Wildman–Crippen LogP) is 5.15. The minimum atomic E-state index is -0.654. The number of aromatic nitrogens is 3. The smallest absolute Gasteiger partial charge is 0.254 e. The first-order valence-electron chi connectivity index (χ1n) is 10.0. The normalized spacial score (nSPS) is 11.0. The van der Waals surface area contributed by atoms with Crippen LogP contribution in [0.3, 0.4) is 0 Å². The predicted molar refractivity (Wildman–Crippen MR) is 130 cm³/mol. The van der Waals surface area contributed by atoms with Crippen molar-refractivity contribution in [2.45, 2.75) is 6.54 Å². The Hall–Kier alpha value is -3.36. The van der Waals surface area contributed by atoms with Crippen LogP contribution in [0.4, 0.5) is 21.7 Å². The molecule has 7 nitrogen and oxygen atoms in total. The maximum Gasteiger partial charge on any atom is 0.254 e. The van der Waals surface area contributed by atoms with Crippen molar-refractivity contribution in [2.24, 2.45) is 7.05 Å². The van der Waals surface area contributed by atoms with Gasteiger partial charge in [0.1, 0.15) is 5.82 Å². The van der Waals surface area contributed by atoms with Gasteiger partial charge in [0.2, 0.25) is 5.95 Å². The molecule has 170 valence electrons. The van der Waals surface area contributed by atoms with Crippen molar-refractivity contribution in [1.29, 1.82) is 0 Å². The first kappa shape index (κ1) is 22.8. The molecule has 33 heavy (non-hydrogen) atoms. The van der Waals surface area contributed by atoms with E-state index in [1.165, 1.54) is 12.1 Å². The van der Waals surface area contributed by atoms with Gasteiger partial charge in [0, 0.05) is 33.4 Å². The number of benzene rings is 2. The average molecular weight is 487 g/mol. The van der Waals surface area contributed by atoms with Crippen LogP contribution in [0.2, 0.25) is 10.0 Å². The Bertz CT molecular complexity index is 1330. The van der Waals surface area contributed by atoms with Crippen molar-refractivity contribution in [1.82, 2.24) is 19.9 Å². The summed E-state index contributed by atoms with van der Waals surface area (Å²) >= 11 is 12.5. The number of nitrogens with one attached hydrogen (secondary N) is 2. The number of amides is 1. The third-order valence-electron chi connectivity index (χ3n) is 5.18. The van der Waals surface area contributed by atoms with E-state index in [0.717, 1.165) is 5.69 Å². The van der Waals surface area contributed by atoms with Crippen LogP contribution in [0, 0.1) is 5.82 Å². The molecule has 4 aromatic rings. The summed E-state index contributed by atoms with van der Waals surface area (Å²) < 4.78 is 16.5. The fourth-order valence-corrected chi connectivity index (χ4v) is 3.95. The molecule has 0 saturated heterocycles. The lowest BCUT2D eigenvalue weighted by atomic mass is 10.1. The van der Waals surface area contributed by atoms with Crippen molar-refractivity contribution in [3.8, 4) is 0 Å². The Balaban J connectivity index is 1.61. The molecule has 10 heteroatoms. The van der Waals surface area contributed by atoms with Gasteiger partial charge in [-0.05, 0) is 30.3 Å². The number of halogens is 3. The highest BCUT2D eigenvalue weighted by Crippen LogP contribution is 2.33. The van der Waals surface area contributed by atoms with Gasteiger partial charge >= 0.3 is 0 Å². The zero-order valence-corrected chi connectivity index (χ0v) is 19.7. The molecule has 0 saturated carbocycles. The topological polar surface area (TPSA) is 75.1 Å². The molecule has 2 aromatic heterocycles. The number of anilines is 3. The molecule has 0 fully saturated rings. The quantitative estimate of drug-likeness (QED) is 0.393. The third-order valence-corrected chi connectivity index (χ3v) is 5.81. The zero-order valence-electron chi connectivity index (χ0n) is 18.2. The largest absolute Gasteiger partial charge is 0.376 e. The second-order valence-electron chi connectivity index (χ2n) is 7.58. The van der Waals surface area contributed by atoms with E-state index in [1.807, 2.05) is 31.1 Å². The van der Waals surface area contributed by atoms with Crippen LogP contribution in [-0.2, 0) is 13.6 Å². The number of hydrogen-bond acceptors (Lipinski definition) is 5. The Labute approximate surface area is 200 Å². The first-order valence-corrected chi connectivity index (χ1v) is 10.8. The summed E-state index contributed by atoms with van der Waals surface area (Å²) in [5.74, 6) is -0.806. The van der Waals surface area contributed by atoms with E-state index >= 15 is 0 Å². The van der Waals surface area contributed by atoms with E-state index in [4.69, 9.17) is 23.2 Å². The standard InChI is InChI=1S/C23H21Cl2FN6O/c1-31(2)19-8-5-9-27-18(19)12-28-22(33)13-10-17-20(11-16(13)26)32(3)23(29-17)30-21-14(24)6-4-7-15(21)25/h4-11H,12H2,1-3H3,(H,28,33)(H,29,30). The molecule has 0 aliphatic heterocycles. The molecule has 0 spiro atoms. The number of aryl methyl sites for hydroxylation is 1. The van der Waals surface area contributed by atoms with Gasteiger partial charge in [-0.3, -0.25) is 9.78 Å². The number of imidazole rings is 1. The summed E-state index contributed by atoms with van der Waals surface area (Å²) in [6, 6.07) is 11.5. The molecular formula is C23H21Cl2FN6O. The van der Waals surface area contributed by atoms with Gasteiger partial charge in [-0.15, -0.1) is 0 Å². The van der Waals surface area contributed by atoms with Crippen LogP contribution in [0.5, 0.6) is 0 Å². The molecule has 0 radical (unpaired) electrons. The summed E-state index contributed by atoms with van der Waals surface area (Å²) in [6.07, 6.45) is 1.65. The van der Waals surface area contributed by atoms with Crippen molar-refractivity contribution in [3.05, 3.63) is 75.8 Å². The van der Waals surface area contributed by atoms with Gasteiger partial charge in [0.25, 0.3) is 5.91 Å². The first-order chi connectivity index (χ1) is 15.8. The van der Waals surface area contributed by atoms with E-state index in [1.54, 1.807) is 36.0 Å². The van der Waals surface area contributed by atoms with Crippen LogP contribution >= 0.6 is 23.2 Å². The van der Waals surface area contributed by atoms with Gasteiger partial charge < -0.3 is 20.1 Å². The van der Waals surface area contributed by atoms with Crippen LogP contribution < -0.4 is 15.5 Å². The molecule has 0 aliphatic carbocycles. The summed E-state index contributed by atoms with van der Waals surface area (Å²) in [4.78, 5) is 23.5. The number of nitrogens with zero attached hydrogens (tertiary/aromatic N) is 4.